The average Bonchev–Trinajstić information content (AvgIpc) is 3.80. The fraction of sp³-hybridized carbons (Fsp3) is 0. The van der Waals surface area contributed by atoms with Crippen molar-refractivity contribution >= 4 is 43.6 Å². The van der Waals surface area contributed by atoms with Gasteiger partial charge < -0.3 is 9.13 Å². The van der Waals surface area contributed by atoms with Crippen molar-refractivity contribution in [2.24, 2.45) is 0 Å². The molecule has 0 atom stereocenters. The van der Waals surface area contributed by atoms with E-state index in [-0.39, 0.29) is 0 Å². The highest BCUT2D eigenvalue weighted by atomic mass is 15.0. The van der Waals surface area contributed by atoms with Crippen LogP contribution >= 0.6 is 0 Å². The SMILES string of the molecule is c1ccc(-c2nc(-c3ccccc3)nc(-c3ccc4c5c(-n6c7ccccc7c7c(-c8ccccc8)cccc76)cccc5n(-c5ccccc5)c4c3)n2)cc1. The van der Waals surface area contributed by atoms with Crippen molar-refractivity contribution in [1.29, 1.82) is 0 Å². The molecule has 0 spiro atoms. The van der Waals surface area contributed by atoms with Crippen molar-refractivity contribution in [2.45, 2.75) is 0 Å². The summed E-state index contributed by atoms with van der Waals surface area (Å²) < 4.78 is 4.82. The van der Waals surface area contributed by atoms with Gasteiger partial charge in [0.05, 0.1) is 27.8 Å². The third kappa shape index (κ3) is 5.13. The zero-order chi connectivity index (χ0) is 37.0. The van der Waals surface area contributed by atoms with Crippen LogP contribution in [0.4, 0.5) is 0 Å². The van der Waals surface area contributed by atoms with Crippen LogP contribution in [0, 0.1) is 0 Å². The molecule has 0 bridgehead atoms. The Hall–Kier alpha value is -7.63. The van der Waals surface area contributed by atoms with Crippen molar-refractivity contribution in [1.82, 2.24) is 24.1 Å². The van der Waals surface area contributed by atoms with E-state index < -0.39 is 0 Å². The minimum atomic E-state index is 0.625. The number of rotatable bonds is 6. The largest absolute Gasteiger partial charge is 0.309 e. The van der Waals surface area contributed by atoms with Gasteiger partial charge in [-0.3, -0.25) is 0 Å². The zero-order valence-corrected chi connectivity index (χ0v) is 30.3. The predicted molar refractivity (Wildman–Crippen MR) is 230 cm³/mol. The molecule has 0 aliphatic heterocycles. The van der Waals surface area contributed by atoms with Gasteiger partial charge in [0.1, 0.15) is 0 Å². The fourth-order valence-corrected chi connectivity index (χ4v) is 8.30. The summed E-state index contributed by atoms with van der Waals surface area (Å²) >= 11 is 0. The van der Waals surface area contributed by atoms with E-state index in [1.807, 2.05) is 60.7 Å². The number of benzene rings is 8. The number of nitrogens with zero attached hydrogens (tertiary/aromatic N) is 5. The number of hydrogen-bond donors (Lipinski definition) is 0. The maximum atomic E-state index is 5.09. The van der Waals surface area contributed by atoms with Crippen LogP contribution in [0.15, 0.2) is 200 Å². The molecule has 0 amide bonds. The first-order valence-corrected chi connectivity index (χ1v) is 18.9. The smallest absolute Gasteiger partial charge is 0.164 e. The summed E-state index contributed by atoms with van der Waals surface area (Å²) in [7, 11) is 0. The quantitative estimate of drug-likeness (QED) is 0.172. The maximum absolute atomic E-state index is 5.09. The Morgan fingerprint density at radius 2 is 0.804 bits per heavy atom. The molecule has 0 aliphatic rings. The van der Waals surface area contributed by atoms with E-state index in [4.69, 9.17) is 15.0 Å². The van der Waals surface area contributed by atoms with Crippen LogP contribution < -0.4 is 0 Å². The molecule has 5 nitrogen and oxygen atoms in total. The molecular formula is C51H33N5. The lowest BCUT2D eigenvalue weighted by atomic mass is 9.99. The summed E-state index contributed by atoms with van der Waals surface area (Å²) in [5.41, 5.74) is 12.0. The molecule has 0 aliphatic carbocycles. The lowest BCUT2D eigenvalue weighted by Crippen LogP contribution is -2.00. The van der Waals surface area contributed by atoms with Crippen molar-refractivity contribution in [3.05, 3.63) is 200 Å². The Labute approximate surface area is 323 Å². The molecule has 0 saturated heterocycles. The molecule has 262 valence electrons. The number of hydrogen-bond acceptors (Lipinski definition) is 3. The third-order valence-electron chi connectivity index (χ3n) is 10.8. The molecule has 0 radical (unpaired) electrons. The zero-order valence-electron chi connectivity index (χ0n) is 30.3. The predicted octanol–water partition coefficient (Wildman–Crippen LogP) is 12.7. The molecule has 56 heavy (non-hydrogen) atoms. The van der Waals surface area contributed by atoms with Crippen molar-refractivity contribution < 1.29 is 0 Å². The molecular weight excluding hydrogens is 683 g/mol. The molecule has 8 aromatic carbocycles. The molecule has 0 fully saturated rings. The van der Waals surface area contributed by atoms with Crippen LogP contribution in [0.2, 0.25) is 0 Å². The Morgan fingerprint density at radius 3 is 1.46 bits per heavy atom. The second-order valence-electron chi connectivity index (χ2n) is 14.0. The van der Waals surface area contributed by atoms with E-state index in [9.17, 15) is 0 Å². The monoisotopic (exact) mass is 715 g/mol. The average molecular weight is 716 g/mol. The number of aromatic nitrogens is 5. The van der Waals surface area contributed by atoms with Gasteiger partial charge in [-0.15, -0.1) is 0 Å². The van der Waals surface area contributed by atoms with Crippen LogP contribution in [0.25, 0.3) is 100 Å². The molecule has 11 rings (SSSR count). The summed E-state index contributed by atoms with van der Waals surface area (Å²) in [6.07, 6.45) is 0. The summed E-state index contributed by atoms with van der Waals surface area (Å²) in [4.78, 5) is 15.1. The standard InChI is InChI=1S/C51H33N5/c1-5-17-34(18-6-1)39-26-15-28-43-47(39)40-25-13-14-27-42(40)56(43)45-30-16-29-44-48(45)41-32-31-37(33-46(41)55(44)38-23-11-4-12-24-38)51-53-49(35-19-7-2-8-20-35)52-50(54-51)36-21-9-3-10-22-36/h1-33H. The van der Waals surface area contributed by atoms with Crippen LogP contribution in [0.5, 0.6) is 0 Å². The molecule has 5 heteroatoms. The van der Waals surface area contributed by atoms with Crippen LogP contribution in [0.3, 0.4) is 0 Å². The van der Waals surface area contributed by atoms with Gasteiger partial charge in [0.2, 0.25) is 0 Å². The van der Waals surface area contributed by atoms with E-state index in [1.165, 1.54) is 38.3 Å². The first-order valence-electron chi connectivity index (χ1n) is 18.9. The van der Waals surface area contributed by atoms with Crippen LogP contribution in [-0.2, 0) is 0 Å². The summed E-state index contributed by atoms with van der Waals surface area (Å²) in [5, 5.41) is 4.80. The van der Waals surface area contributed by atoms with Crippen molar-refractivity contribution in [3.8, 4) is 56.7 Å². The summed E-state index contributed by atoms with van der Waals surface area (Å²) in [6.45, 7) is 0. The first-order chi connectivity index (χ1) is 27.8. The highest BCUT2D eigenvalue weighted by molar-refractivity contribution is 6.19. The third-order valence-corrected chi connectivity index (χ3v) is 10.8. The summed E-state index contributed by atoms with van der Waals surface area (Å²) in [5.74, 6) is 1.91. The van der Waals surface area contributed by atoms with Gasteiger partial charge in [-0.25, -0.2) is 15.0 Å². The van der Waals surface area contributed by atoms with Crippen molar-refractivity contribution in [2.75, 3.05) is 0 Å². The highest BCUT2D eigenvalue weighted by Gasteiger charge is 2.22. The fourth-order valence-electron chi connectivity index (χ4n) is 8.30. The van der Waals surface area contributed by atoms with Gasteiger partial charge in [-0.2, -0.15) is 0 Å². The Balaban J connectivity index is 1.20. The Kier molecular flexibility index (Phi) is 7.42. The van der Waals surface area contributed by atoms with Gasteiger partial charge >= 0.3 is 0 Å². The Morgan fingerprint density at radius 1 is 0.304 bits per heavy atom. The molecule has 0 unspecified atom stereocenters. The number of para-hydroxylation sites is 2. The van der Waals surface area contributed by atoms with Gasteiger partial charge in [-0.05, 0) is 53.6 Å². The highest BCUT2D eigenvalue weighted by Crippen LogP contribution is 2.43. The first kappa shape index (κ1) is 31.9. The minimum Gasteiger partial charge on any atom is -0.309 e. The lowest BCUT2D eigenvalue weighted by molar-refractivity contribution is 1.07. The molecule has 0 N–H and O–H groups in total. The van der Waals surface area contributed by atoms with Crippen molar-refractivity contribution in [3.63, 3.8) is 0 Å². The normalized spacial score (nSPS) is 11.6. The van der Waals surface area contributed by atoms with Crippen LogP contribution in [0.1, 0.15) is 0 Å². The second kappa shape index (κ2) is 13.0. The van der Waals surface area contributed by atoms with Crippen LogP contribution in [-0.4, -0.2) is 24.1 Å². The molecule has 11 aromatic rings. The van der Waals surface area contributed by atoms with Gasteiger partial charge in [0.15, 0.2) is 17.5 Å². The van der Waals surface area contributed by atoms with E-state index >= 15 is 0 Å². The van der Waals surface area contributed by atoms with Gasteiger partial charge in [-0.1, -0.05) is 158 Å². The topological polar surface area (TPSA) is 48.5 Å². The van der Waals surface area contributed by atoms with Gasteiger partial charge in [0, 0.05) is 43.9 Å². The Bertz CT molecular complexity index is 3160. The maximum Gasteiger partial charge on any atom is 0.164 e. The second-order valence-corrected chi connectivity index (χ2v) is 14.0. The van der Waals surface area contributed by atoms with E-state index in [1.54, 1.807) is 0 Å². The minimum absolute atomic E-state index is 0.625. The molecule has 3 aromatic heterocycles. The lowest BCUT2D eigenvalue weighted by Gasteiger charge is -2.12. The molecule has 3 heterocycles. The van der Waals surface area contributed by atoms with E-state index in [0.717, 1.165) is 44.5 Å². The molecule has 0 saturated carbocycles. The van der Waals surface area contributed by atoms with Gasteiger partial charge in [0.25, 0.3) is 0 Å². The summed E-state index contributed by atoms with van der Waals surface area (Å²) in [6, 6.07) is 70.4. The number of fused-ring (bicyclic) bond motifs is 6. The van der Waals surface area contributed by atoms with E-state index in [2.05, 4.69) is 149 Å². The van der Waals surface area contributed by atoms with E-state index in [0.29, 0.717) is 17.5 Å².